The van der Waals surface area contributed by atoms with E-state index in [0.29, 0.717) is 36.7 Å². The summed E-state index contributed by atoms with van der Waals surface area (Å²) >= 11 is 0. The Balaban J connectivity index is 1.80. The van der Waals surface area contributed by atoms with Crippen molar-refractivity contribution in [1.29, 1.82) is 0 Å². The Bertz CT molecular complexity index is 1060. The maximum Gasteiger partial charge on any atom is 0.255 e. The standard InChI is InChI=1S/C24H32N2O5S/c1-5-26(6-2)32(28,29)22-13-17(3)18(4)23(15-22)25-24(27)19-9-7-10-20(14-19)31-16-21-11-8-12-30-21/h7,9-10,13-15,21H,5-6,8,11-12,16H2,1-4H3,(H,25,27). The first-order chi connectivity index (χ1) is 15.3. The van der Waals surface area contributed by atoms with Crippen LogP contribution in [0.4, 0.5) is 5.69 Å². The molecule has 1 aliphatic rings. The highest BCUT2D eigenvalue weighted by atomic mass is 32.2. The minimum atomic E-state index is -3.64. The number of ether oxygens (including phenoxy) is 2. The molecular formula is C24H32N2O5S. The molecule has 0 bridgehead atoms. The minimum Gasteiger partial charge on any atom is -0.491 e. The number of rotatable bonds is 9. The number of hydrogen-bond acceptors (Lipinski definition) is 5. The van der Waals surface area contributed by atoms with E-state index in [1.807, 2.05) is 13.8 Å². The van der Waals surface area contributed by atoms with Crippen LogP contribution in [-0.2, 0) is 14.8 Å². The summed E-state index contributed by atoms with van der Waals surface area (Å²) in [5, 5.41) is 2.88. The molecule has 2 aromatic rings. The fraction of sp³-hybridized carbons (Fsp3) is 0.458. The Labute approximate surface area is 190 Å². The van der Waals surface area contributed by atoms with Gasteiger partial charge in [0.05, 0.1) is 11.0 Å². The van der Waals surface area contributed by atoms with Gasteiger partial charge in [-0.05, 0) is 68.1 Å². The molecule has 1 aliphatic heterocycles. The summed E-state index contributed by atoms with van der Waals surface area (Å²) in [4.78, 5) is 13.1. The molecule has 1 unspecified atom stereocenters. The van der Waals surface area contributed by atoms with Gasteiger partial charge in [0.1, 0.15) is 12.4 Å². The molecule has 0 saturated carbocycles. The van der Waals surface area contributed by atoms with E-state index in [0.717, 1.165) is 30.6 Å². The zero-order valence-corrected chi connectivity index (χ0v) is 20.0. The van der Waals surface area contributed by atoms with Gasteiger partial charge >= 0.3 is 0 Å². The molecule has 1 N–H and O–H groups in total. The second kappa shape index (κ2) is 10.5. The van der Waals surface area contributed by atoms with Gasteiger partial charge < -0.3 is 14.8 Å². The first-order valence-electron chi connectivity index (χ1n) is 11.0. The summed E-state index contributed by atoms with van der Waals surface area (Å²) in [7, 11) is -3.64. The summed E-state index contributed by atoms with van der Waals surface area (Å²) in [6.45, 7) is 9.29. The van der Waals surface area contributed by atoms with Crippen LogP contribution in [0.2, 0.25) is 0 Å². The lowest BCUT2D eigenvalue weighted by molar-refractivity contribution is 0.0679. The quantitative estimate of drug-likeness (QED) is 0.608. The highest BCUT2D eigenvalue weighted by Crippen LogP contribution is 2.27. The number of nitrogens with one attached hydrogen (secondary N) is 1. The SMILES string of the molecule is CCN(CC)S(=O)(=O)c1cc(C)c(C)c(NC(=O)c2cccc(OCC3CCCO3)c2)c1. The lowest BCUT2D eigenvalue weighted by Crippen LogP contribution is -2.30. The molecule has 3 rings (SSSR count). The van der Waals surface area contributed by atoms with Gasteiger partial charge in [-0.1, -0.05) is 19.9 Å². The van der Waals surface area contributed by atoms with E-state index in [9.17, 15) is 13.2 Å². The highest BCUT2D eigenvalue weighted by Gasteiger charge is 2.24. The van der Waals surface area contributed by atoms with Crippen LogP contribution in [0.1, 0.15) is 48.2 Å². The first-order valence-corrected chi connectivity index (χ1v) is 12.5. The third-order valence-corrected chi connectivity index (χ3v) is 7.82. The predicted molar refractivity (Wildman–Crippen MR) is 125 cm³/mol. The molecule has 0 spiro atoms. The molecule has 0 radical (unpaired) electrons. The van der Waals surface area contributed by atoms with Crippen LogP contribution in [0.3, 0.4) is 0 Å². The smallest absolute Gasteiger partial charge is 0.255 e. The topological polar surface area (TPSA) is 84.9 Å². The Kier molecular flexibility index (Phi) is 7.92. The van der Waals surface area contributed by atoms with Gasteiger partial charge in [-0.15, -0.1) is 0 Å². The third-order valence-electron chi connectivity index (χ3n) is 5.79. The number of benzene rings is 2. The minimum absolute atomic E-state index is 0.0913. The molecule has 8 heteroatoms. The number of aryl methyl sites for hydroxylation is 1. The number of carbonyl (C=O) groups is 1. The predicted octanol–water partition coefficient (Wildman–Crippen LogP) is 4.14. The molecule has 0 aliphatic carbocycles. The maximum absolute atomic E-state index is 13.0. The van der Waals surface area contributed by atoms with E-state index < -0.39 is 10.0 Å². The van der Waals surface area contributed by atoms with E-state index in [-0.39, 0.29) is 16.9 Å². The Morgan fingerprint density at radius 2 is 1.94 bits per heavy atom. The first kappa shape index (κ1) is 24.2. The second-order valence-electron chi connectivity index (χ2n) is 7.93. The van der Waals surface area contributed by atoms with Crippen molar-refractivity contribution >= 4 is 21.6 Å². The zero-order chi connectivity index (χ0) is 23.3. The maximum atomic E-state index is 13.0. The molecule has 174 valence electrons. The third kappa shape index (κ3) is 5.49. The van der Waals surface area contributed by atoms with Crippen LogP contribution in [-0.4, -0.2) is 51.0 Å². The Hall–Kier alpha value is -2.42. The Morgan fingerprint density at radius 3 is 2.59 bits per heavy atom. The van der Waals surface area contributed by atoms with Crippen molar-refractivity contribution in [1.82, 2.24) is 4.31 Å². The summed E-state index contributed by atoms with van der Waals surface area (Å²) in [5.74, 6) is 0.270. The lowest BCUT2D eigenvalue weighted by Gasteiger charge is -2.20. The molecule has 7 nitrogen and oxygen atoms in total. The van der Waals surface area contributed by atoms with E-state index >= 15 is 0 Å². The van der Waals surface area contributed by atoms with Gasteiger partial charge in [0.15, 0.2) is 0 Å². The van der Waals surface area contributed by atoms with E-state index in [1.54, 1.807) is 44.2 Å². The number of amides is 1. The van der Waals surface area contributed by atoms with Gasteiger partial charge in [0, 0.05) is 30.9 Å². The van der Waals surface area contributed by atoms with E-state index in [1.165, 1.54) is 10.4 Å². The van der Waals surface area contributed by atoms with Crippen molar-refractivity contribution in [3.63, 3.8) is 0 Å². The summed E-state index contributed by atoms with van der Waals surface area (Å²) < 4.78 is 38.7. The molecule has 1 saturated heterocycles. The van der Waals surface area contributed by atoms with Crippen LogP contribution in [0.25, 0.3) is 0 Å². The van der Waals surface area contributed by atoms with Crippen LogP contribution in [0, 0.1) is 13.8 Å². The van der Waals surface area contributed by atoms with Crippen LogP contribution in [0.5, 0.6) is 5.75 Å². The number of hydrogen-bond donors (Lipinski definition) is 1. The fourth-order valence-electron chi connectivity index (χ4n) is 3.70. The normalized spacial score (nSPS) is 16.3. The molecule has 2 aromatic carbocycles. The number of anilines is 1. The van der Waals surface area contributed by atoms with Crippen molar-refractivity contribution in [3.8, 4) is 5.75 Å². The number of nitrogens with zero attached hydrogens (tertiary/aromatic N) is 1. The van der Waals surface area contributed by atoms with Crippen molar-refractivity contribution in [2.75, 3.05) is 31.6 Å². The van der Waals surface area contributed by atoms with E-state index in [4.69, 9.17) is 9.47 Å². The Morgan fingerprint density at radius 1 is 1.19 bits per heavy atom. The molecular weight excluding hydrogens is 428 g/mol. The van der Waals surface area contributed by atoms with E-state index in [2.05, 4.69) is 5.32 Å². The largest absolute Gasteiger partial charge is 0.491 e. The van der Waals surface area contributed by atoms with Gasteiger partial charge in [-0.2, -0.15) is 4.31 Å². The van der Waals surface area contributed by atoms with Crippen LogP contribution in [0.15, 0.2) is 41.3 Å². The average Bonchev–Trinajstić information content (AvgIpc) is 3.30. The summed E-state index contributed by atoms with van der Waals surface area (Å²) in [6, 6.07) is 10.1. The molecule has 1 heterocycles. The van der Waals surface area contributed by atoms with Crippen molar-refractivity contribution in [2.45, 2.75) is 51.5 Å². The van der Waals surface area contributed by atoms with Crippen LogP contribution < -0.4 is 10.1 Å². The van der Waals surface area contributed by atoms with Crippen molar-refractivity contribution in [2.24, 2.45) is 0 Å². The second-order valence-corrected chi connectivity index (χ2v) is 9.87. The molecule has 1 amide bonds. The van der Waals surface area contributed by atoms with Crippen LogP contribution >= 0.6 is 0 Å². The summed E-state index contributed by atoms with van der Waals surface area (Å²) in [5.41, 5.74) is 2.53. The zero-order valence-electron chi connectivity index (χ0n) is 19.2. The fourth-order valence-corrected chi connectivity index (χ4v) is 5.27. The van der Waals surface area contributed by atoms with Crippen molar-refractivity contribution in [3.05, 3.63) is 53.1 Å². The number of carbonyl (C=O) groups excluding carboxylic acids is 1. The highest BCUT2D eigenvalue weighted by molar-refractivity contribution is 7.89. The summed E-state index contributed by atoms with van der Waals surface area (Å²) in [6.07, 6.45) is 2.11. The molecule has 32 heavy (non-hydrogen) atoms. The molecule has 1 fully saturated rings. The van der Waals surface area contributed by atoms with Gasteiger partial charge in [-0.3, -0.25) is 4.79 Å². The molecule has 1 atom stereocenters. The van der Waals surface area contributed by atoms with Gasteiger partial charge in [-0.25, -0.2) is 8.42 Å². The van der Waals surface area contributed by atoms with Gasteiger partial charge in [0.2, 0.25) is 10.0 Å². The molecule has 0 aromatic heterocycles. The van der Waals surface area contributed by atoms with Gasteiger partial charge in [0.25, 0.3) is 5.91 Å². The monoisotopic (exact) mass is 460 g/mol. The lowest BCUT2D eigenvalue weighted by atomic mass is 10.1. The average molecular weight is 461 g/mol. The number of sulfonamides is 1. The van der Waals surface area contributed by atoms with Crippen molar-refractivity contribution < 1.29 is 22.7 Å².